The number of hydrogen-bond acceptors (Lipinski definition) is 8. The molecule has 4 N–H and O–H groups in total. The lowest BCUT2D eigenvalue weighted by atomic mass is 10.1. The number of pyridine rings is 2. The number of hydrogen-bond donors (Lipinski definition) is 3. The third kappa shape index (κ3) is 2.89. The van der Waals surface area contributed by atoms with Gasteiger partial charge < -0.3 is 30.4 Å². The zero-order chi connectivity index (χ0) is 19.1. The van der Waals surface area contributed by atoms with Crippen molar-refractivity contribution in [2.45, 2.75) is 6.04 Å². The molecule has 4 rings (SSSR count). The van der Waals surface area contributed by atoms with E-state index in [0.717, 1.165) is 13.1 Å². The van der Waals surface area contributed by atoms with Crippen LogP contribution >= 0.6 is 0 Å². The van der Waals surface area contributed by atoms with Crippen molar-refractivity contribution in [1.29, 1.82) is 0 Å². The van der Waals surface area contributed by atoms with E-state index in [1.807, 2.05) is 13.1 Å². The Hall–Kier alpha value is -3.40. The largest absolute Gasteiger partial charge is 0.386 e. The number of aromatic nitrogens is 3. The Balaban J connectivity index is 1.73. The molecule has 0 aliphatic carbocycles. The second-order valence-electron chi connectivity index (χ2n) is 6.51. The van der Waals surface area contributed by atoms with Gasteiger partial charge in [-0.25, -0.2) is 4.98 Å². The van der Waals surface area contributed by atoms with E-state index < -0.39 is 5.91 Å². The number of likely N-dealkylation sites (tertiary alicyclic amines) is 1. The summed E-state index contributed by atoms with van der Waals surface area (Å²) in [5, 5.41) is 9.84. The van der Waals surface area contributed by atoms with Gasteiger partial charge in [0.1, 0.15) is 17.0 Å². The van der Waals surface area contributed by atoms with Crippen LogP contribution in [0.15, 0.2) is 33.7 Å². The quantitative estimate of drug-likeness (QED) is 0.600. The normalized spacial score (nSPS) is 14.9. The van der Waals surface area contributed by atoms with Gasteiger partial charge in [-0.05, 0) is 19.2 Å². The zero-order valence-corrected chi connectivity index (χ0v) is 14.9. The fourth-order valence-electron chi connectivity index (χ4n) is 3.21. The molecule has 1 aliphatic rings. The molecule has 1 amide bonds. The molecule has 0 atom stereocenters. The summed E-state index contributed by atoms with van der Waals surface area (Å²) in [7, 11) is 3.72. The number of fused-ring (bicyclic) bond motifs is 1. The van der Waals surface area contributed by atoms with Crippen LogP contribution in [0.25, 0.3) is 11.0 Å². The van der Waals surface area contributed by atoms with Crippen LogP contribution in [0.5, 0.6) is 0 Å². The summed E-state index contributed by atoms with van der Waals surface area (Å²) in [6, 6.07) is 5.35. The highest BCUT2D eigenvalue weighted by Gasteiger charge is 2.26. The predicted octanol–water partition coefficient (Wildman–Crippen LogP) is 0.755. The van der Waals surface area contributed by atoms with Crippen LogP contribution in [0.2, 0.25) is 0 Å². The summed E-state index contributed by atoms with van der Waals surface area (Å²) in [6.45, 7) is 1.67. The molecule has 140 valence electrons. The molecular formula is C17H19N7O3. The number of carbonyl (C=O) groups excluding carboxylic acids is 1. The molecule has 0 unspecified atom stereocenters. The van der Waals surface area contributed by atoms with Gasteiger partial charge in [0, 0.05) is 32.4 Å². The Morgan fingerprint density at radius 3 is 2.78 bits per heavy atom. The predicted molar refractivity (Wildman–Crippen MR) is 100 cm³/mol. The van der Waals surface area contributed by atoms with Crippen molar-refractivity contribution < 1.29 is 9.32 Å². The summed E-state index contributed by atoms with van der Waals surface area (Å²) in [6.07, 6.45) is 1.78. The Bertz CT molecular complexity index is 1080. The second kappa shape index (κ2) is 6.40. The average Bonchev–Trinajstić information content (AvgIpc) is 3.04. The van der Waals surface area contributed by atoms with Gasteiger partial charge >= 0.3 is 0 Å². The lowest BCUT2D eigenvalue weighted by molar-refractivity contribution is 0.0967. The first-order chi connectivity index (χ1) is 13.0. The van der Waals surface area contributed by atoms with E-state index in [9.17, 15) is 9.59 Å². The second-order valence-corrected chi connectivity index (χ2v) is 6.51. The standard InChI is InChI=1S/C17H19N7O3/c1-19-11-6-12(21-14-13(11)22-27-15(14)16(18)25)20-10-4-3-5-24(17(10)26)9-7-23(2)8-9/h3-6,9,19H,7-8H2,1-2H3,(H2,18,25)(H,20,21). The van der Waals surface area contributed by atoms with Crippen molar-refractivity contribution in [3.63, 3.8) is 0 Å². The third-order valence-corrected chi connectivity index (χ3v) is 4.60. The van der Waals surface area contributed by atoms with Crippen molar-refractivity contribution in [1.82, 2.24) is 19.6 Å². The lowest BCUT2D eigenvalue weighted by Crippen LogP contribution is -2.47. The van der Waals surface area contributed by atoms with Crippen LogP contribution < -0.4 is 21.9 Å². The highest BCUT2D eigenvalue weighted by atomic mass is 16.5. The van der Waals surface area contributed by atoms with E-state index in [1.54, 1.807) is 29.9 Å². The Morgan fingerprint density at radius 2 is 2.11 bits per heavy atom. The van der Waals surface area contributed by atoms with Crippen LogP contribution in [0.1, 0.15) is 16.6 Å². The van der Waals surface area contributed by atoms with Crippen LogP contribution in [0.4, 0.5) is 17.2 Å². The van der Waals surface area contributed by atoms with Gasteiger partial charge in [0.05, 0.1) is 11.7 Å². The molecule has 10 nitrogen and oxygen atoms in total. The van der Waals surface area contributed by atoms with Gasteiger partial charge in [0.25, 0.3) is 11.5 Å². The molecule has 0 radical (unpaired) electrons. The van der Waals surface area contributed by atoms with Crippen LogP contribution in [0, 0.1) is 0 Å². The van der Waals surface area contributed by atoms with Crippen LogP contribution in [-0.2, 0) is 0 Å². The lowest BCUT2D eigenvalue weighted by Gasteiger charge is -2.37. The molecule has 0 spiro atoms. The van der Waals surface area contributed by atoms with Gasteiger partial charge in [-0.2, -0.15) is 0 Å². The topological polar surface area (TPSA) is 131 Å². The van der Waals surface area contributed by atoms with Crippen molar-refractivity contribution in [3.8, 4) is 0 Å². The summed E-state index contributed by atoms with van der Waals surface area (Å²) in [5.74, 6) is -0.522. The number of amides is 1. The van der Waals surface area contributed by atoms with Gasteiger partial charge in [-0.3, -0.25) is 9.59 Å². The number of likely N-dealkylation sites (N-methyl/N-ethyl adjacent to an activating group) is 1. The summed E-state index contributed by atoms with van der Waals surface area (Å²) >= 11 is 0. The van der Waals surface area contributed by atoms with E-state index >= 15 is 0 Å². The molecular weight excluding hydrogens is 350 g/mol. The first-order valence-corrected chi connectivity index (χ1v) is 8.42. The van der Waals surface area contributed by atoms with Crippen LogP contribution in [0.3, 0.4) is 0 Å². The molecule has 1 aliphatic heterocycles. The van der Waals surface area contributed by atoms with Crippen molar-refractivity contribution >= 4 is 34.1 Å². The highest BCUT2D eigenvalue weighted by molar-refractivity contribution is 6.04. The van der Waals surface area contributed by atoms with Gasteiger partial charge in [0.15, 0.2) is 5.52 Å². The molecule has 1 fully saturated rings. The monoisotopic (exact) mass is 369 g/mol. The number of nitrogens with zero attached hydrogens (tertiary/aromatic N) is 4. The van der Waals surface area contributed by atoms with E-state index in [1.165, 1.54) is 0 Å². The minimum Gasteiger partial charge on any atom is -0.386 e. The Labute approximate surface area is 153 Å². The fraction of sp³-hybridized carbons (Fsp3) is 0.294. The highest BCUT2D eigenvalue weighted by Crippen LogP contribution is 2.28. The molecule has 27 heavy (non-hydrogen) atoms. The molecule has 1 saturated heterocycles. The van der Waals surface area contributed by atoms with E-state index in [0.29, 0.717) is 22.7 Å². The smallest absolute Gasteiger partial charge is 0.289 e. The minimum atomic E-state index is -0.764. The maximum absolute atomic E-state index is 12.8. The van der Waals surface area contributed by atoms with Crippen molar-refractivity contribution in [2.75, 3.05) is 37.8 Å². The van der Waals surface area contributed by atoms with Gasteiger partial charge in [-0.1, -0.05) is 5.16 Å². The number of rotatable bonds is 5. The molecule has 0 saturated carbocycles. The van der Waals surface area contributed by atoms with Crippen molar-refractivity contribution in [2.24, 2.45) is 5.73 Å². The van der Waals surface area contributed by atoms with Crippen molar-refractivity contribution in [3.05, 3.63) is 40.5 Å². The molecule has 0 aromatic carbocycles. The number of nitrogens with one attached hydrogen (secondary N) is 2. The minimum absolute atomic E-state index is 0.131. The first-order valence-electron chi connectivity index (χ1n) is 8.42. The molecule has 4 heterocycles. The average molecular weight is 369 g/mol. The number of carbonyl (C=O) groups is 1. The first kappa shape index (κ1) is 17.0. The van der Waals surface area contributed by atoms with E-state index in [4.69, 9.17) is 10.3 Å². The molecule has 3 aromatic heterocycles. The maximum Gasteiger partial charge on any atom is 0.289 e. The van der Waals surface area contributed by atoms with Crippen LogP contribution in [-0.4, -0.2) is 52.7 Å². The number of anilines is 3. The zero-order valence-electron chi connectivity index (χ0n) is 14.9. The summed E-state index contributed by atoms with van der Waals surface area (Å²) in [4.78, 5) is 30.8. The third-order valence-electron chi connectivity index (χ3n) is 4.60. The summed E-state index contributed by atoms with van der Waals surface area (Å²) < 4.78 is 6.72. The number of nitrogens with two attached hydrogens (primary N) is 1. The SMILES string of the molecule is CNc1cc(Nc2cccn(C3CN(C)C3)c2=O)nc2c(C(N)=O)onc12. The Morgan fingerprint density at radius 1 is 1.33 bits per heavy atom. The summed E-state index contributed by atoms with van der Waals surface area (Å²) in [5.41, 5.74) is 6.78. The number of primary amides is 1. The molecule has 3 aromatic rings. The van der Waals surface area contributed by atoms with E-state index in [2.05, 4.69) is 25.7 Å². The maximum atomic E-state index is 12.8. The van der Waals surface area contributed by atoms with Gasteiger partial charge in [-0.15, -0.1) is 0 Å². The van der Waals surface area contributed by atoms with Gasteiger partial charge in [0.2, 0.25) is 5.76 Å². The Kier molecular flexibility index (Phi) is 4.04. The molecule has 0 bridgehead atoms. The molecule has 10 heteroatoms. The van der Waals surface area contributed by atoms with E-state index in [-0.39, 0.29) is 22.9 Å². The fourth-order valence-corrected chi connectivity index (χ4v) is 3.21.